The van der Waals surface area contributed by atoms with Gasteiger partial charge in [0.1, 0.15) is 5.01 Å². The summed E-state index contributed by atoms with van der Waals surface area (Å²) < 4.78 is 7.26. The van der Waals surface area contributed by atoms with Crippen molar-refractivity contribution in [2.24, 2.45) is 0 Å². The van der Waals surface area contributed by atoms with Crippen molar-refractivity contribution in [3.8, 4) is 11.3 Å². The molecule has 0 fully saturated rings. The average molecular weight is 439 g/mol. The second-order valence-corrected chi connectivity index (χ2v) is 7.78. The molecule has 3 aromatic rings. The second kappa shape index (κ2) is 10.2. The van der Waals surface area contributed by atoms with Crippen LogP contribution in [0.5, 0.6) is 0 Å². The lowest BCUT2D eigenvalue weighted by molar-refractivity contribution is -0.116. The number of rotatable bonds is 8. The first-order valence-electron chi connectivity index (χ1n) is 10.1. The molecule has 0 aliphatic rings. The Bertz CT molecular complexity index is 1100. The van der Waals surface area contributed by atoms with Crippen molar-refractivity contribution >= 4 is 29.3 Å². The van der Waals surface area contributed by atoms with Crippen LogP contribution in [0, 0.1) is 13.8 Å². The fraction of sp³-hybridized carbons (Fsp3) is 0.304. The normalized spacial score (nSPS) is 11.1. The summed E-state index contributed by atoms with van der Waals surface area (Å²) in [6.45, 7) is 8.98. The average Bonchev–Trinajstić information content (AvgIpc) is 3.33. The molecule has 162 valence electrons. The maximum Gasteiger partial charge on any atom is 0.340 e. The molecule has 0 atom stereocenters. The van der Waals surface area contributed by atoms with Gasteiger partial charge in [0.2, 0.25) is 5.91 Å². The number of pyridine rings is 1. The zero-order valence-corrected chi connectivity index (χ0v) is 19.0. The smallest absolute Gasteiger partial charge is 0.340 e. The van der Waals surface area contributed by atoms with E-state index in [0.717, 1.165) is 34.2 Å². The molecule has 1 amide bonds. The zero-order valence-electron chi connectivity index (χ0n) is 18.1. The number of carbonyl (C=O) groups excluding carboxylic acids is 2. The quantitative estimate of drug-likeness (QED) is 0.422. The minimum absolute atomic E-state index is 0.253. The minimum atomic E-state index is -0.373. The molecule has 0 aliphatic heterocycles. The summed E-state index contributed by atoms with van der Waals surface area (Å²) in [5, 5.41) is 5.62. The van der Waals surface area contributed by atoms with Gasteiger partial charge in [-0.2, -0.15) is 0 Å². The Morgan fingerprint density at radius 3 is 2.61 bits per heavy atom. The molecule has 0 saturated heterocycles. The first kappa shape index (κ1) is 22.4. The first-order chi connectivity index (χ1) is 15.0. The van der Waals surface area contributed by atoms with Crippen LogP contribution >= 0.6 is 11.3 Å². The molecule has 8 heteroatoms. The number of ether oxygens (including phenoxy) is 1. The highest BCUT2D eigenvalue weighted by molar-refractivity contribution is 7.09. The number of aromatic nitrogens is 3. The van der Waals surface area contributed by atoms with Gasteiger partial charge in [-0.05, 0) is 45.9 Å². The van der Waals surface area contributed by atoms with Crippen LogP contribution in [-0.2, 0) is 22.6 Å². The third-order valence-electron chi connectivity index (χ3n) is 4.97. The first-order valence-corrected chi connectivity index (χ1v) is 11.0. The Balaban J connectivity index is 1.70. The van der Waals surface area contributed by atoms with Gasteiger partial charge in [-0.25, -0.2) is 9.78 Å². The van der Waals surface area contributed by atoms with E-state index >= 15 is 0 Å². The summed E-state index contributed by atoms with van der Waals surface area (Å²) in [4.78, 5) is 33.4. The van der Waals surface area contributed by atoms with E-state index in [4.69, 9.17) is 4.74 Å². The molecule has 0 radical (unpaired) electrons. The topological polar surface area (TPSA) is 86.1 Å². The Hall–Kier alpha value is -3.26. The molecule has 31 heavy (non-hydrogen) atoms. The summed E-state index contributed by atoms with van der Waals surface area (Å²) in [6.07, 6.45) is 6.57. The van der Waals surface area contributed by atoms with Gasteiger partial charge in [0.25, 0.3) is 0 Å². The zero-order chi connectivity index (χ0) is 22.4. The van der Waals surface area contributed by atoms with E-state index in [1.54, 1.807) is 25.4 Å². The molecule has 0 unspecified atom stereocenters. The molecule has 0 saturated carbocycles. The fourth-order valence-electron chi connectivity index (χ4n) is 3.47. The van der Waals surface area contributed by atoms with E-state index in [-0.39, 0.29) is 11.9 Å². The van der Waals surface area contributed by atoms with Crippen LogP contribution in [0.15, 0.2) is 36.0 Å². The lowest BCUT2D eigenvalue weighted by atomic mass is 10.1. The predicted octanol–water partition coefficient (Wildman–Crippen LogP) is 4.15. The molecule has 0 bridgehead atoms. The fourth-order valence-corrected chi connectivity index (χ4v) is 4.22. The molecule has 0 aromatic carbocycles. The van der Waals surface area contributed by atoms with E-state index in [1.165, 1.54) is 17.4 Å². The number of carbonyl (C=O) groups is 2. The van der Waals surface area contributed by atoms with Gasteiger partial charge in [-0.15, -0.1) is 11.3 Å². The van der Waals surface area contributed by atoms with Gasteiger partial charge < -0.3 is 14.6 Å². The number of hydrogen-bond donors (Lipinski definition) is 1. The standard InChI is InChI=1S/C23H26N4O3S/c1-5-27-15(3)18(22(16(27)4)23(29)30-6-2)7-8-20(28)25-13-21-26-19(14-31-21)17-9-11-24-12-10-17/h7-12,14H,5-6,13H2,1-4H3,(H,25,28)/b8-7+. The summed E-state index contributed by atoms with van der Waals surface area (Å²) >= 11 is 1.49. The monoisotopic (exact) mass is 438 g/mol. The number of hydrogen-bond acceptors (Lipinski definition) is 6. The van der Waals surface area contributed by atoms with Gasteiger partial charge in [0.15, 0.2) is 0 Å². The summed E-state index contributed by atoms with van der Waals surface area (Å²) in [6, 6.07) is 3.79. The molecular weight excluding hydrogens is 412 g/mol. The molecule has 7 nitrogen and oxygen atoms in total. The maximum absolute atomic E-state index is 12.5. The van der Waals surface area contributed by atoms with Gasteiger partial charge in [-0.3, -0.25) is 9.78 Å². The van der Waals surface area contributed by atoms with E-state index in [1.807, 2.05) is 42.9 Å². The van der Waals surface area contributed by atoms with Gasteiger partial charge in [0, 0.05) is 52.9 Å². The van der Waals surface area contributed by atoms with Crippen LogP contribution < -0.4 is 5.32 Å². The molecule has 0 spiro atoms. The van der Waals surface area contributed by atoms with Crippen molar-refractivity contribution in [3.05, 3.63) is 63.5 Å². The van der Waals surface area contributed by atoms with E-state index < -0.39 is 0 Å². The van der Waals surface area contributed by atoms with Gasteiger partial charge in [-0.1, -0.05) is 0 Å². The van der Waals surface area contributed by atoms with Crippen LogP contribution in [0.3, 0.4) is 0 Å². The molecule has 3 heterocycles. The molecule has 3 aromatic heterocycles. The lowest BCUT2D eigenvalue weighted by Gasteiger charge is -2.05. The van der Waals surface area contributed by atoms with Crippen molar-refractivity contribution in [2.75, 3.05) is 6.61 Å². The van der Waals surface area contributed by atoms with Crippen molar-refractivity contribution in [3.63, 3.8) is 0 Å². The third kappa shape index (κ3) is 5.08. The number of nitrogens with one attached hydrogen (secondary N) is 1. The Morgan fingerprint density at radius 1 is 1.19 bits per heavy atom. The third-order valence-corrected chi connectivity index (χ3v) is 5.82. The molecule has 3 rings (SSSR count). The number of esters is 1. The summed E-state index contributed by atoms with van der Waals surface area (Å²) in [7, 11) is 0. The lowest BCUT2D eigenvalue weighted by Crippen LogP contribution is -2.20. The molecule has 1 N–H and O–H groups in total. The van der Waals surface area contributed by atoms with Gasteiger partial charge >= 0.3 is 5.97 Å². The number of thiazole rings is 1. The molecular formula is C23H26N4O3S. The van der Waals surface area contributed by atoms with Crippen LogP contribution in [0.1, 0.15) is 46.2 Å². The second-order valence-electron chi connectivity index (χ2n) is 6.84. The van der Waals surface area contributed by atoms with Crippen LogP contribution in [0.25, 0.3) is 17.3 Å². The minimum Gasteiger partial charge on any atom is -0.462 e. The van der Waals surface area contributed by atoms with Crippen molar-refractivity contribution in [1.82, 2.24) is 19.9 Å². The SMILES string of the molecule is CCOC(=O)c1c(/C=C/C(=O)NCc2nc(-c3ccncc3)cs2)c(C)n(CC)c1C. The maximum atomic E-state index is 12.5. The van der Waals surface area contributed by atoms with Crippen LogP contribution in [0.4, 0.5) is 0 Å². The highest BCUT2D eigenvalue weighted by Crippen LogP contribution is 2.25. The highest BCUT2D eigenvalue weighted by atomic mass is 32.1. The summed E-state index contributed by atoms with van der Waals surface area (Å²) in [5.41, 5.74) is 4.83. The summed E-state index contributed by atoms with van der Waals surface area (Å²) in [5.74, 6) is -0.626. The highest BCUT2D eigenvalue weighted by Gasteiger charge is 2.22. The van der Waals surface area contributed by atoms with E-state index in [9.17, 15) is 9.59 Å². The van der Waals surface area contributed by atoms with Crippen molar-refractivity contribution in [1.29, 1.82) is 0 Å². The van der Waals surface area contributed by atoms with Crippen molar-refractivity contribution in [2.45, 2.75) is 40.8 Å². The molecule has 0 aliphatic carbocycles. The predicted molar refractivity (Wildman–Crippen MR) is 122 cm³/mol. The number of nitrogens with zero attached hydrogens (tertiary/aromatic N) is 3. The Kier molecular flexibility index (Phi) is 7.36. The van der Waals surface area contributed by atoms with E-state index in [0.29, 0.717) is 24.3 Å². The van der Waals surface area contributed by atoms with Gasteiger partial charge in [0.05, 0.1) is 24.4 Å². The van der Waals surface area contributed by atoms with Crippen LogP contribution in [-0.4, -0.2) is 33.0 Å². The van der Waals surface area contributed by atoms with Crippen LogP contribution in [0.2, 0.25) is 0 Å². The van der Waals surface area contributed by atoms with Crippen molar-refractivity contribution < 1.29 is 14.3 Å². The largest absolute Gasteiger partial charge is 0.462 e. The number of amides is 1. The Morgan fingerprint density at radius 2 is 1.94 bits per heavy atom. The van der Waals surface area contributed by atoms with E-state index in [2.05, 4.69) is 15.3 Å². The Labute approximate surface area is 185 Å².